The van der Waals surface area contributed by atoms with Crippen LogP contribution in [0, 0.1) is 0 Å². The van der Waals surface area contributed by atoms with Gasteiger partial charge in [-0.05, 0) is 30.4 Å². The Morgan fingerprint density at radius 3 is 3.15 bits per heavy atom. The molecule has 13 heavy (non-hydrogen) atoms. The Bertz CT molecular complexity index is 286. The lowest BCUT2D eigenvalue weighted by Crippen LogP contribution is -1.88. The van der Waals surface area contributed by atoms with Crippen LogP contribution >= 0.6 is 12.6 Å². The molecule has 0 fully saturated rings. The molecule has 0 amide bonds. The molecule has 1 rings (SSSR count). The molecule has 0 unspecified atom stereocenters. The highest BCUT2D eigenvalue weighted by Gasteiger charge is 1.96. The van der Waals surface area contributed by atoms with Crippen LogP contribution in [0.15, 0.2) is 24.4 Å². The van der Waals surface area contributed by atoms with E-state index in [9.17, 15) is 0 Å². The summed E-state index contributed by atoms with van der Waals surface area (Å²) in [6, 6.07) is 3.75. The molecule has 0 saturated heterocycles. The Kier molecular flexibility index (Phi) is 4.40. The Hall–Kier alpha value is -0.960. The van der Waals surface area contributed by atoms with E-state index in [1.807, 2.05) is 24.3 Å². The molecule has 3 heteroatoms. The summed E-state index contributed by atoms with van der Waals surface area (Å²) in [6.45, 7) is 0. The number of rotatable bonds is 4. The molecule has 1 aromatic heterocycles. The van der Waals surface area contributed by atoms with Crippen molar-refractivity contribution in [2.45, 2.75) is 6.42 Å². The third-order valence-electron chi connectivity index (χ3n) is 1.59. The van der Waals surface area contributed by atoms with Gasteiger partial charge in [-0.3, -0.25) is 4.98 Å². The molecule has 0 saturated carbocycles. The molecule has 0 N–H and O–H groups in total. The van der Waals surface area contributed by atoms with E-state index in [0.29, 0.717) is 0 Å². The molecule has 0 radical (unpaired) electrons. The van der Waals surface area contributed by atoms with E-state index in [2.05, 4.69) is 17.6 Å². The zero-order valence-electron chi connectivity index (χ0n) is 7.60. The minimum atomic E-state index is 0.804. The van der Waals surface area contributed by atoms with E-state index in [4.69, 9.17) is 4.74 Å². The van der Waals surface area contributed by atoms with Gasteiger partial charge in [0.05, 0.1) is 7.11 Å². The molecule has 0 aromatic carbocycles. The summed E-state index contributed by atoms with van der Waals surface area (Å²) in [6.07, 6.45) is 6.69. The van der Waals surface area contributed by atoms with Gasteiger partial charge < -0.3 is 4.74 Å². The van der Waals surface area contributed by atoms with Gasteiger partial charge in [0, 0.05) is 6.20 Å². The monoisotopic (exact) mass is 195 g/mol. The Morgan fingerprint density at radius 2 is 2.46 bits per heavy atom. The van der Waals surface area contributed by atoms with Crippen molar-refractivity contribution in [1.29, 1.82) is 0 Å². The van der Waals surface area contributed by atoms with Gasteiger partial charge in [0.25, 0.3) is 0 Å². The van der Waals surface area contributed by atoms with Crippen LogP contribution in [0.4, 0.5) is 0 Å². The predicted molar refractivity (Wildman–Crippen MR) is 58.3 cm³/mol. The lowest BCUT2D eigenvalue weighted by molar-refractivity contribution is 0.412. The second-order valence-corrected chi connectivity index (χ2v) is 2.95. The van der Waals surface area contributed by atoms with E-state index in [-0.39, 0.29) is 0 Å². The molecule has 2 nitrogen and oxygen atoms in total. The number of thiol groups is 1. The van der Waals surface area contributed by atoms with Crippen molar-refractivity contribution >= 4 is 18.7 Å². The van der Waals surface area contributed by atoms with Crippen molar-refractivity contribution in [1.82, 2.24) is 4.98 Å². The SMILES string of the molecule is COc1cccnc1C=CCCS. The van der Waals surface area contributed by atoms with Crippen LogP contribution in [0.5, 0.6) is 5.75 Å². The number of ether oxygens (including phenoxy) is 1. The average molecular weight is 195 g/mol. The molecule has 0 bridgehead atoms. The molecule has 0 spiro atoms. The van der Waals surface area contributed by atoms with E-state index < -0.39 is 0 Å². The smallest absolute Gasteiger partial charge is 0.144 e. The topological polar surface area (TPSA) is 22.1 Å². The molecule has 70 valence electrons. The highest BCUT2D eigenvalue weighted by Crippen LogP contribution is 2.15. The number of allylic oxidation sites excluding steroid dienone is 1. The number of pyridine rings is 1. The van der Waals surface area contributed by atoms with E-state index in [1.54, 1.807) is 13.3 Å². The van der Waals surface area contributed by atoms with Gasteiger partial charge in [0.1, 0.15) is 11.4 Å². The average Bonchev–Trinajstić information content (AvgIpc) is 2.19. The van der Waals surface area contributed by atoms with Gasteiger partial charge in [-0.1, -0.05) is 6.08 Å². The summed E-state index contributed by atoms with van der Waals surface area (Å²) in [4.78, 5) is 4.18. The zero-order valence-corrected chi connectivity index (χ0v) is 8.50. The molecule has 0 aliphatic carbocycles. The first-order valence-electron chi connectivity index (χ1n) is 4.15. The summed E-state index contributed by atoms with van der Waals surface area (Å²) < 4.78 is 5.14. The summed E-state index contributed by atoms with van der Waals surface area (Å²) in [5, 5.41) is 0. The number of hydrogen-bond donors (Lipinski definition) is 1. The van der Waals surface area contributed by atoms with Crippen molar-refractivity contribution in [3.05, 3.63) is 30.1 Å². The van der Waals surface area contributed by atoms with Crippen LogP contribution < -0.4 is 4.74 Å². The third kappa shape index (κ3) is 3.11. The summed E-state index contributed by atoms with van der Waals surface area (Å²) >= 11 is 4.11. The normalized spacial score (nSPS) is 10.6. The lowest BCUT2D eigenvalue weighted by atomic mass is 10.3. The number of hydrogen-bond acceptors (Lipinski definition) is 3. The Morgan fingerprint density at radius 1 is 1.62 bits per heavy atom. The second-order valence-electron chi connectivity index (χ2n) is 2.51. The predicted octanol–water partition coefficient (Wildman–Crippen LogP) is 2.42. The van der Waals surface area contributed by atoms with Gasteiger partial charge in [-0.15, -0.1) is 0 Å². The highest BCUT2D eigenvalue weighted by molar-refractivity contribution is 7.80. The first-order valence-corrected chi connectivity index (χ1v) is 4.78. The van der Waals surface area contributed by atoms with Gasteiger partial charge in [0.15, 0.2) is 0 Å². The first-order chi connectivity index (χ1) is 6.38. The number of methoxy groups -OCH3 is 1. The quantitative estimate of drug-likeness (QED) is 0.745. The summed E-state index contributed by atoms with van der Waals surface area (Å²) in [5.74, 6) is 1.66. The van der Waals surface area contributed by atoms with Crippen molar-refractivity contribution < 1.29 is 4.74 Å². The van der Waals surface area contributed by atoms with Crippen molar-refractivity contribution in [3.63, 3.8) is 0 Å². The molecular formula is C10H13NOS. The first kappa shape index (κ1) is 10.1. The summed E-state index contributed by atoms with van der Waals surface area (Å²) in [7, 11) is 1.65. The second kappa shape index (κ2) is 5.65. The van der Waals surface area contributed by atoms with Gasteiger partial charge in [-0.2, -0.15) is 12.6 Å². The maximum absolute atomic E-state index is 5.14. The Labute approximate surface area is 84.1 Å². The molecule has 0 aliphatic rings. The molecular weight excluding hydrogens is 182 g/mol. The standard InChI is InChI=1S/C10H13NOS/c1-12-10-6-4-7-11-9(10)5-2-3-8-13/h2,4-7,13H,3,8H2,1H3. The van der Waals surface area contributed by atoms with E-state index in [0.717, 1.165) is 23.6 Å². The zero-order chi connectivity index (χ0) is 9.52. The minimum absolute atomic E-state index is 0.804. The van der Waals surface area contributed by atoms with Crippen molar-refractivity contribution in [3.8, 4) is 5.75 Å². The van der Waals surface area contributed by atoms with Crippen LogP contribution in [0.1, 0.15) is 12.1 Å². The maximum Gasteiger partial charge on any atom is 0.144 e. The third-order valence-corrected chi connectivity index (χ3v) is 1.85. The lowest BCUT2D eigenvalue weighted by Gasteiger charge is -2.01. The Balaban J connectivity index is 2.74. The van der Waals surface area contributed by atoms with Gasteiger partial charge >= 0.3 is 0 Å². The van der Waals surface area contributed by atoms with Gasteiger partial charge in [0.2, 0.25) is 0 Å². The largest absolute Gasteiger partial charge is 0.494 e. The number of nitrogens with zero attached hydrogens (tertiary/aromatic N) is 1. The molecule has 0 atom stereocenters. The van der Waals surface area contributed by atoms with Crippen LogP contribution in [0.25, 0.3) is 6.08 Å². The van der Waals surface area contributed by atoms with Crippen molar-refractivity contribution in [2.75, 3.05) is 12.9 Å². The van der Waals surface area contributed by atoms with Crippen LogP contribution in [0.3, 0.4) is 0 Å². The van der Waals surface area contributed by atoms with Crippen LogP contribution in [-0.2, 0) is 0 Å². The molecule has 1 heterocycles. The van der Waals surface area contributed by atoms with E-state index in [1.165, 1.54) is 0 Å². The summed E-state index contributed by atoms with van der Waals surface area (Å²) in [5.41, 5.74) is 0.867. The fourth-order valence-electron chi connectivity index (χ4n) is 0.970. The maximum atomic E-state index is 5.14. The fraction of sp³-hybridized carbons (Fsp3) is 0.300. The minimum Gasteiger partial charge on any atom is -0.494 e. The van der Waals surface area contributed by atoms with Crippen LogP contribution in [0.2, 0.25) is 0 Å². The fourth-order valence-corrected chi connectivity index (χ4v) is 1.12. The molecule has 1 aromatic rings. The van der Waals surface area contributed by atoms with Crippen molar-refractivity contribution in [2.24, 2.45) is 0 Å². The molecule has 0 aliphatic heterocycles. The van der Waals surface area contributed by atoms with E-state index >= 15 is 0 Å². The van der Waals surface area contributed by atoms with Gasteiger partial charge in [-0.25, -0.2) is 0 Å². The number of aromatic nitrogens is 1. The van der Waals surface area contributed by atoms with Crippen LogP contribution in [-0.4, -0.2) is 17.8 Å². The highest BCUT2D eigenvalue weighted by atomic mass is 32.1.